The molecule has 3 nitrogen and oxygen atoms in total. The van der Waals surface area contributed by atoms with Gasteiger partial charge in [-0.2, -0.15) is 0 Å². The van der Waals surface area contributed by atoms with Crippen molar-refractivity contribution in [2.24, 2.45) is 0 Å². The van der Waals surface area contributed by atoms with Gasteiger partial charge >= 0.3 is 0 Å². The molecular weight excluding hydrogens is 226 g/mol. The largest absolute Gasteiger partial charge is 0.504 e. The average molecular weight is 251 g/mol. The molecule has 1 aromatic rings. The third-order valence-corrected chi connectivity index (χ3v) is 3.64. The molecule has 1 N–H and O–H groups in total. The van der Waals surface area contributed by atoms with E-state index in [1.807, 2.05) is 19.1 Å². The molecule has 0 radical (unpaired) electrons. The summed E-state index contributed by atoms with van der Waals surface area (Å²) in [5.41, 5.74) is 1.32. The van der Waals surface area contributed by atoms with Gasteiger partial charge in [0.25, 0.3) is 0 Å². The van der Waals surface area contributed by atoms with Gasteiger partial charge in [-0.15, -0.1) is 0 Å². The maximum absolute atomic E-state index is 9.67. The number of hydrogen-bond donors (Lipinski definition) is 1. The Morgan fingerprint density at radius 2 is 1.94 bits per heavy atom. The van der Waals surface area contributed by atoms with Crippen LogP contribution in [0.2, 0.25) is 0 Å². The van der Waals surface area contributed by atoms with E-state index in [0.717, 1.165) is 18.5 Å². The van der Waals surface area contributed by atoms with Gasteiger partial charge in [0.2, 0.25) is 0 Å². The number of rotatable bonds is 6. The van der Waals surface area contributed by atoms with Gasteiger partial charge in [0.15, 0.2) is 11.5 Å². The van der Waals surface area contributed by atoms with Gasteiger partial charge in [0.1, 0.15) is 0 Å². The topological polar surface area (TPSA) is 32.7 Å². The van der Waals surface area contributed by atoms with Gasteiger partial charge in [0.05, 0.1) is 6.61 Å². The van der Waals surface area contributed by atoms with Crippen molar-refractivity contribution in [3.05, 3.63) is 23.8 Å². The summed E-state index contributed by atoms with van der Waals surface area (Å²) in [5.74, 6) is 0.774. The predicted octanol–water partition coefficient (Wildman–Crippen LogP) is 3.41. The van der Waals surface area contributed by atoms with Crippen LogP contribution in [0.15, 0.2) is 18.2 Å². The molecule has 0 saturated carbocycles. The summed E-state index contributed by atoms with van der Waals surface area (Å²) < 4.78 is 5.40. The van der Waals surface area contributed by atoms with Crippen LogP contribution in [0, 0.1) is 0 Å². The fraction of sp³-hybridized carbons (Fsp3) is 0.600. The number of ether oxygens (including phenoxy) is 1. The summed E-state index contributed by atoms with van der Waals surface area (Å²) in [6.45, 7) is 9.99. The Balaban J connectivity index is 2.82. The number of benzene rings is 1. The van der Waals surface area contributed by atoms with Crippen molar-refractivity contribution in [2.45, 2.75) is 46.2 Å². The van der Waals surface area contributed by atoms with E-state index in [4.69, 9.17) is 4.74 Å². The standard InChI is InChI=1S/C15H25NO2/c1-6-15(3,4)16(5)11-12-8-9-13(17)14(10-12)18-7-2/h8-10,17H,6-7,11H2,1-5H3. The summed E-state index contributed by atoms with van der Waals surface area (Å²) in [4.78, 5) is 2.31. The van der Waals surface area contributed by atoms with E-state index in [1.54, 1.807) is 6.07 Å². The van der Waals surface area contributed by atoms with Gasteiger partial charge in [-0.05, 0) is 51.9 Å². The molecule has 1 rings (SSSR count). The second-order valence-electron chi connectivity index (χ2n) is 5.26. The van der Waals surface area contributed by atoms with Crippen molar-refractivity contribution in [3.8, 4) is 11.5 Å². The Morgan fingerprint density at radius 1 is 1.28 bits per heavy atom. The smallest absolute Gasteiger partial charge is 0.161 e. The molecule has 0 aliphatic heterocycles. The maximum Gasteiger partial charge on any atom is 0.161 e. The molecule has 0 amide bonds. The van der Waals surface area contributed by atoms with Gasteiger partial charge in [-0.25, -0.2) is 0 Å². The van der Waals surface area contributed by atoms with Crippen LogP contribution in [-0.4, -0.2) is 29.2 Å². The Labute approximate surface area is 110 Å². The van der Waals surface area contributed by atoms with E-state index in [-0.39, 0.29) is 11.3 Å². The highest BCUT2D eigenvalue weighted by atomic mass is 16.5. The maximum atomic E-state index is 9.67. The lowest BCUT2D eigenvalue weighted by Crippen LogP contribution is -2.39. The molecule has 18 heavy (non-hydrogen) atoms. The van der Waals surface area contributed by atoms with Crippen LogP contribution >= 0.6 is 0 Å². The molecule has 0 saturated heterocycles. The molecule has 0 fully saturated rings. The van der Waals surface area contributed by atoms with Crippen LogP contribution < -0.4 is 4.74 Å². The summed E-state index contributed by atoms with van der Waals surface area (Å²) in [5, 5.41) is 9.67. The number of phenols is 1. The van der Waals surface area contributed by atoms with E-state index in [1.165, 1.54) is 0 Å². The fourth-order valence-corrected chi connectivity index (χ4v) is 1.69. The van der Waals surface area contributed by atoms with Crippen LogP contribution in [-0.2, 0) is 6.54 Å². The highest BCUT2D eigenvalue weighted by Gasteiger charge is 2.21. The SMILES string of the molecule is CCOc1cc(CN(C)C(C)(C)CC)ccc1O. The first-order chi connectivity index (χ1) is 8.40. The molecule has 0 aliphatic carbocycles. The van der Waals surface area contributed by atoms with Gasteiger partial charge in [-0.3, -0.25) is 4.90 Å². The van der Waals surface area contributed by atoms with E-state index >= 15 is 0 Å². The summed E-state index contributed by atoms with van der Waals surface area (Å²) >= 11 is 0. The Morgan fingerprint density at radius 3 is 2.50 bits per heavy atom. The highest BCUT2D eigenvalue weighted by Crippen LogP contribution is 2.28. The van der Waals surface area contributed by atoms with Crippen LogP contribution in [0.4, 0.5) is 0 Å². The third kappa shape index (κ3) is 3.64. The fourth-order valence-electron chi connectivity index (χ4n) is 1.69. The average Bonchev–Trinajstić information content (AvgIpc) is 2.33. The Hall–Kier alpha value is -1.22. The molecule has 0 heterocycles. The highest BCUT2D eigenvalue weighted by molar-refractivity contribution is 5.41. The van der Waals surface area contributed by atoms with E-state index in [0.29, 0.717) is 12.4 Å². The van der Waals surface area contributed by atoms with Crippen molar-refractivity contribution in [3.63, 3.8) is 0 Å². The molecular formula is C15H25NO2. The number of phenolic OH excluding ortho intramolecular Hbond substituents is 1. The van der Waals surface area contributed by atoms with Crippen molar-refractivity contribution in [1.29, 1.82) is 0 Å². The molecule has 0 aromatic heterocycles. The third-order valence-electron chi connectivity index (χ3n) is 3.64. The summed E-state index contributed by atoms with van der Waals surface area (Å²) in [7, 11) is 2.12. The Kier molecular flexibility index (Phi) is 5.03. The van der Waals surface area contributed by atoms with Crippen molar-refractivity contribution < 1.29 is 9.84 Å². The zero-order chi connectivity index (χ0) is 13.8. The van der Waals surface area contributed by atoms with E-state index in [9.17, 15) is 5.11 Å². The van der Waals surface area contributed by atoms with Crippen LogP contribution in [0.3, 0.4) is 0 Å². The molecule has 1 aromatic carbocycles. The number of aromatic hydroxyl groups is 1. The normalized spacial score (nSPS) is 11.9. The lowest BCUT2D eigenvalue weighted by Gasteiger charge is -2.34. The molecule has 102 valence electrons. The minimum atomic E-state index is 0.170. The first-order valence-electron chi connectivity index (χ1n) is 6.56. The lowest BCUT2D eigenvalue weighted by molar-refractivity contribution is 0.143. The molecule has 0 bridgehead atoms. The summed E-state index contributed by atoms with van der Waals surface area (Å²) in [6, 6.07) is 5.56. The molecule has 0 aliphatic rings. The van der Waals surface area contributed by atoms with E-state index in [2.05, 4.69) is 32.7 Å². The first kappa shape index (κ1) is 14.8. The first-order valence-corrected chi connectivity index (χ1v) is 6.56. The van der Waals surface area contributed by atoms with Gasteiger partial charge < -0.3 is 9.84 Å². The molecule has 0 atom stereocenters. The second kappa shape index (κ2) is 6.10. The molecule has 0 unspecified atom stereocenters. The molecule has 3 heteroatoms. The zero-order valence-corrected chi connectivity index (χ0v) is 12.2. The van der Waals surface area contributed by atoms with Gasteiger partial charge in [-0.1, -0.05) is 13.0 Å². The van der Waals surface area contributed by atoms with E-state index < -0.39 is 0 Å². The van der Waals surface area contributed by atoms with Crippen LogP contribution in [0.1, 0.15) is 39.7 Å². The molecule has 0 spiro atoms. The van der Waals surface area contributed by atoms with Gasteiger partial charge in [0, 0.05) is 12.1 Å². The predicted molar refractivity (Wildman–Crippen MR) is 75.1 cm³/mol. The lowest BCUT2D eigenvalue weighted by atomic mass is 9.99. The summed E-state index contributed by atoms with van der Waals surface area (Å²) in [6.07, 6.45) is 1.10. The monoisotopic (exact) mass is 251 g/mol. The van der Waals surface area contributed by atoms with Crippen LogP contribution in [0.5, 0.6) is 11.5 Å². The minimum absolute atomic E-state index is 0.170. The Bertz CT molecular complexity index is 388. The number of nitrogens with zero attached hydrogens (tertiary/aromatic N) is 1. The van der Waals surface area contributed by atoms with Crippen molar-refractivity contribution in [1.82, 2.24) is 4.90 Å². The van der Waals surface area contributed by atoms with Crippen molar-refractivity contribution in [2.75, 3.05) is 13.7 Å². The van der Waals surface area contributed by atoms with Crippen molar-refractivity contribution >= 4 is 0 Å². The minimum Gasteiger partial charge on any atom is -0.504 e. The van der Waals surface area contributed by atoms with Crippen LogP contribution in [0.25, 0.3) is 0 Å². The second-order valence-corrected chi connectivity index (χ2v) is 5.26. The quantitative estimate of drug-likeness (QED) is 0.841. The number of hydrogen-bond acceptors (Lipinski definition) is 3. The zero-order valence-electron chi connectivity index (χ0n) is 12.2.